The Morgan fingerprint density at radius 1 is 1.03 bits per heavy atom. The molecule has 0 bridgehead atoms. The van der Waals surface area contributed by atoms with Gasteiger partial charge < -0.3 is 5.32 Å². The van der Waals surface area contributed by atoms with Crippen molar-refractivity contribution in [1.29, 1.82) is 0 Å². The van der Waals surface area contributed by atoms with E-state index in [4.69, 9.17) is 11.6 Å². The van der Waals surface area contributed by atoms with Crippen LogP contribution < -0.4 is 10.0 Å². The van der Waals surface area contributed by atoms with Gasteiger partial charge in [-0.1, -0.05) is 17.7 Å². The Balaban J connectivity index is 1.39. The lowest BCUT2D eigenvalue weighted by atomic mass is 9.91. The first-order valence-electron chi connectivity index (χ1n) is 9.89. The van der Waals surface area contributed by atoms with Crippen LogP contribution in [0.25, 0.3) is 10.9 Å². The number of hydrogen-bond acceptors (Lipinski definition) is 6. The molecular weight excluding hydrogens is 440 g/mol. The largest absolute Gasteiger partial charge is 0.382 e. The smallest absolute Gasteiger partial charge is 0.270 e. The Labute approximate surface area is 184 Å². The highest BCUT2D eigenvalue weighted by Gasteiger charge is 2.27. The van der Waals surface area contributed by atoms with Crippen LogP contribution in [0.3, 0.4) is 0 Å². The van der Waals surface area contributed by atoms with Crippen LogP contribution in [-0.4, -0.2) is 30.4 Å². The summed E-state index contributed by atoms with van der Waals surface area (Å²) in [4.78, 5) is 14.6. The summed E-state index contributed by atoms with van der Waals surface area (Å²) in [7, 11) is -3.82. The molecule has 1 aromatic heterocycles. The van der Waals surface area contributed by atoms with E-state index in [1.54, 1.807) is 6.20 Å². The third kappa shape index (κ3) is 4.95. The predicted molar refractivity (Wildman–Crippen MR) is 120 cm³/mol. The average Bonchev–Trinajstić information content (AvgIpc) is 2.75. The number of fused-ring (bicyclic) bond motifs is 1. The highest BCUT2D eigenvalue weighted by Crippen LogP contribution is 2.29. The quantitative estimate of drug-likeness (QED) is 0.413. The van der Waals surface area contributed by atoms with Crippen LogP contribution in [0, 0.1) is 10.1 Å². The Morgan fingerprint density at radius 2 is 1.77 bits per heavy atom. The van der Waals surface area contributed by atoms with E-state index in [9.17, 15) is 18.5 Å². The zero-order valence-corrected chi connectivity index (χ0v) is 18.1. The summed E-state index contributed by atoms with van der Waals surface area (Å²) in [5.74, 6) is 0. The third-order valence-corrected chi connectivity index (χ3v) is 7.21. The van der Waals surface area contributed by atoms with Gasteiger partial charge in [0, 0.05) is 46.5 Å². The van der Waals surface area contributed by atoms with Crippen LogP contribution in [-0.2, 0) is 10.0 Å². The molecule has 1 heterocycles. The molecular formula is C21H21ClN4O4S. The fraction of sp³-hybridized carbons (Fsp3) is 0.286. The van der Waals surface area contributed by atoms with Crippen LogP contribution in [0.1, 0.15) is 25.7 Å². The molecule has 31 heavy (non-hydrogen) atoms. The van der Waals surface area contributed by atoms with E-state index in [2.05, 4.69) is 15.0 Å². The number of non-ortho nitro benzene ring substituents is 1. The van der Waals surface area contributed by atoms with Crippen molar-refractivity contribution in [3.8, 4) is 0 Å². The Kier molecular flexibility index (Phi) is 6.08. The number of halogens is 1. The van der Waals surface area contributed by atoms with Crippen molar-refractivity contribution in [3.63, 3.8) is 0 Å². The molecule has 2 aromatic carbocycles. The van der Waals surface area contributed by atoms with Gasteiger partial charge in [0.2, 0.25) is 10.0 Å². The van der Waals surface area contributed by atoms with E-state index in [1.165, 1.54) is 18.2 Å². The maximum atomic E-state index is 12.7. The van der Waals surface area contributed by atoms with E-state index in [0.717, 1.165) is 35.5 Å². The molecule has 0 aliphatic heterocycles. The number of nitrogens with one attached hydrogen (secondary N) is 2. The molecule has 1 fully saturated rings. The number of benzene rings is 2. The molecule has 3 aromatic rings. The van der Waals surface area contributed by atoms with E-state index >= 15 is 0 Å². The predicted octanol–water partition coefficient (Wildman–Crippen LogP) is 4.50. The van der Waals surface area contributed by atoms with Crippen molar-refractivity contribution >= 4 is 43.9 Å². The van der Waals surface area contributed by atoms with E-state index < -0.39 is 14.9 Å². The van der Waals surface area contributed by atoms with Gasteiger partial charge in [0.1, 0.15) is 0 Å². The van der Waals surface area contributed by atoms with Crippen LogP contribution in [0.2, 0.25) is 5.02 Å². The average molecular weight is 461 g/mol. The van der Waals surface area contributed by atoms with Gasteiger partial charge in [0.25, 0.3) is 5.69 Å². The number of pyridine rings is 1. The second-order valence-corrected chi connectivity index (χ2v) is 9.74. The number of sulfonamides is 1. The van der Waals surface area contributed by atoms with Gasteiger partial charge >= 0.3 is 0 Å². The summed E-state index contributed by atoms with van der Waals surface area (Å²) in [6.45, 7) is 0. The number of rotatable bonds is 6. The lowest BCUT2D eigenvalue weighted by molar-refractivity contribution is -0.385. The third-order valence-electron chi connectivity index (χ3n) is 5.45. The standard InChI is InChI=1S/C21H21ClN4O4S/c22-14-4-9-19-20(10-11-23-21(19)12-14)24-15-5-7-16(8-6-15)25-31(29,30)18-3-1-2-17(13-18)26(27)28/h1-4,9-13,15-16,25H,5-8H2,(H,23,24). The van der Waals surface area contributed by atoms with Crippen LogP contribution in [0.5, 0.6) is 0 Å². The summed E-state index contributed by atoms with van der Waals surface area (Å²) in [6.07, 6.45) is 4.65. The van der Waals surface area contributed by atoms with Crippen molar-refractivity contribution in [2.75, 3.05) is 5.32 Å². The van der Waals surface area contributed by atoms with Gasteiger partial charge in [0.05, 0.1) is 15.3 Å². The summed E-state index contributed by atoms with van der Waals surface area (Å²) >= 11 is 6.05. The first-order chi connectivity index (χ1) is 14.8. The van der Waals surface area contributed by atoms with Crippen LogP contribution >= 0.6 is 11.6 Å². The molecule has 0 spiro atoms. The van der Waals surface area contributed by atoms with Gasteiger partial charge in [-0.2, -0.15) is 0 Å². The topological polar surface area (TPSA) is 114 Å². The zero-order chi connectivity index (χ0) is 22.0. The van der Waals surface area contributed by atoms with Crippen molar-refractivity contribution in [2.24, 2.45) is 0 Å². The normalized spacial score (nSPS) is 19.3. The number of aromatic nitrogens is 1. The fourth-order valence-corrected chi connectivity index (χ4v) is 5.38. The number of anilines is 1. The van der Waals surface area contributed by atoms with Gasteiger partial charge in [0.15, 0.2) is 0 Å². The molecule has 1 aliphatic carbocycles. The van der Waals surface area contributed by atoms with E-state index in [1.807, 2.05) is 24.3 Å². The summed E-state index contributed by atoms with van der Waals surface area (Å²) in [6, 6.07) is 12.6. The SMILES string of the molecule is O=[N+]([O-])c1cccc(S(=O)(=O)NC2CCC(Nc3ccnc4cc(Cl)ccc34)CC2)c1. The molecule has 0 atom stereocenters. The minimum atomic E-state index is -3.82. The van der Waals surface area contributed by atoms with Gasteiger partial charge in [-0.25, -0.2) is 13.1 Å². The molecule has 162 valence electrons. The zero-order valence-electron chi connectivity index (χ0n) is 16.5. The molecule has 8 nitrogen and oxygen atoms in total. The van der Waals surface area contributed by atoms with Crippen molar-refractivity contribution < 1.29 is 13.3 Å². The minimum Gasteiger partial charge on any atom is -0.382 e. The molecule has 1 aliphatic rings. The van der Waals surface area contributed by atoms with Crippen LogP contribution in [0.4, 0.5) is 11.4 Å². The number of nitrogens with zero attached hydrogens (tertiary/aromatic N) is 2. The lowest BCUT2D eigenvalue weighted by Gasteiger charge is -2.30. The summed E-state index contributed by atoms with van der Waals surface area (Å²) in [5.41, 5.74) is 1.54. The molecule has 0 unspecified atom stereocenters. The monoisotopic (exact) mass is 460 g/mol. The first kappa shape index (κ1) is 21.5. The second kappa shape index (κ2) is 8.78. The minimum absolute atomic E-state index is 0.0936. The highest BCUT2D eigenvalue weighted by atomic mass is 35.5. The van der Waals surface area contributed by atoms with Gasteiger partial charge in [-0.3, -0.25) is 15.1 Å². The second-order valence-electron chi connectivity index (χ2n) is 7.59. The van der Waals surface area contributed by atoms with Crippen molar-refractivity contribution in [2.45, 2.75) is 42.7 Å². The molecule has 2 N–H and O–H groups in total. The maximum absolute atomic E-state index is 12.7. The number of nitro benzene ring substituents is 1. The molecule has 4 rings (SSSR count). The van der Waals surface area contributed by atoms with Crippen LogP contribution in [0.15, 0.2) is 59.6 Å². The van der Waals surface area contributed by atoms with Gasteiger partial charge in [-0.05, 0) is 56.0 Å². The number of nitro groups is 1. The Bertz CT molecular complexity index is 1230. The first-order valence-corrected chi connectivity index (χ1v) is 11.8. The summed E-state index contributed by atoms with van der Waals surface area (Å²) < 4.78 is 28.0. The molecule has 0 amide bonds. The fourth-order valence-electron chi connectivity index (χ4n) is 3.87. The molecule has 0 radical (unpaired) electrons. The molecule has 0 saturated heterocycles. The maximum Gasteiger partial charge on any atom is 0.270 e. The Hall–Kier alpha value is -2.75. The van der Waals surface area contributed by atoms with Crippen molar-refractivity contribution in [1.82, 2.24) is 9.71 Å². The van der Waals surface area contributed by atoms with Gasteiger partial charge in [-0.15, -0.1) is 0 Å². The molecule has 1 saturated carbocycles. The molecule has 10 heteroatoms. The van der Waals surface area contributed by atoms with E-state index in [0.29, 0.717) is 17.9 Å². The van der Waals surface area contributed by atoms with E-state index in [-0.39, 0.29) is 22.7 Å². The highest BCUT2D eigenvalue weighted by molar-refractivity contribution is 7.89. The lowest BCUT2D eigenvalue weighted by Crippen LogP contribution is -2.40. The Morgan fingerprint density at radius 3 is 2.52 bits per heavy atom. The number of hydrogen-bond donors (Lipinski definition) is 2. The van der Waals surface area contributed by atoms with Crippen molar-refractivity contribution in [3.05, 3.63) is 69.9 Å². The summed E-state index contributed by atoms with van der Waals surface area (Å²) in [5, 5.41) is 16.1.